The number of hydrogen-bond donors (Lipinski definition) is 3. The van der Waals surface area contributed by atoms with Crippen molar-refractivity contribution in [1.29, 1.82) is 0 Å². The second-order valence-electron chi connectivity index (χ2n) is 8.44. The third kappa shape index (κ3) is 8.51. The van der Waals surface area contributed by atoms with E-state index in [4.69, 9.17) is 9.47 Å². The molecule has 2 aromatic rings. The zero-order valence-corrected chi connectivity index (χ0v) is 20.9. The molecule has 2 aromatic carbocycles. The molecule has 0 radical (unpaired) electrons. The van der Waals surface area contributed by atoms with Crippen molar-refractivity contribution in [2.24, 2.45) is 11.8 Å². The number of aliphatic hydroxyl groups excluding tert-OH is 1. The molecule has 0 aliphatic carbocycles. The highest BCUT2D eigenvalue weighted by Crippen LogP contribution is 2.32. The lowest BCUT2D eigenvalue weighted by atomic mass is 9.89. The number of benzene rings is 2. The van der Waals surface area contributed by atoms with E-state index in [0.29, 0.717) is 19.6 Å². The molecule has 0 spiro atoms. The van der Waals surface area contributed by atoms with Gasteiger partial charge in [0.15, 0.2) is 0 Å². The molecule has 0 aromatic heterocycles. The molecule has 3 rings (SSSR count). The second kappa shape index (κ2) is 12.5. The molecule has 1 saturated heterocycles. The molecule has 1 fully saturated rings. The number of carbonyl (C=O) groups is 1. The molecule has 1 heterocycles. The molecule has 3 N–H and O–H groups in total. The Balaban J connectivity index is 1.76. The van der Waals surface area contributed by atoms with E-state index in [1.54, 1.807) is 6.92 Å². The number of ether oxygens (including phenoxy) is 3. The number of alkyl halides is 3. The van der Waals surface area contributed by atoms with Gasteiger partial charge in [-0.3, -0.25) is 9.52 Å². The minimum atomic E-state index is -4.93. The van der Waals surface area contributed by atoms with Gasteiger partial charge in [-0.1, -0.05) is 6.07 Å². The Morgan fingerprint density at radius 2 is 1.89 bits per heavy atom. The Bertz CT molecular complexity index is 1170. The van der Waals surface area contributed by atoms with Crippen molar-refractivity contribution in [2.75, 3.05) is 36.5 Å². The molecular weight excluding hydrogens is 517 g/mol. The molecule has 0 bridgehead atoms. The van der Waals surface area contributed by atoms with Crippen molar-refractivity contribution in [2.45, 2.75) is 37.4 Å². The molecule has 1 aliphatic heterocycles. The summed E-state index contributed by atoms with van der Waals surface area (Å²) in [6.07, 6.45) is -2.82. The first-order valence-corrected chi connectivity index (χ1v) is 13.1. The van der Waals surface area contributed by atoms with Gasteiger partial charge in [0.1, 0.15) is 16.4 Å². The number of amides is 1. The lowest BCUT2D eigenvalue weighted by molar-refractivity contribution is -0.274. The fourth-order valence-electron chi connectivity index (χ4n) is 3.94. The Labute approximate surface area is 213 Å². The van der Waals surface area contributed by atoms with Crippen LogP contribution in [-0.4, -0.2) is 52.2 Å². The maximum Gasteiger partial charge on any atom is 0.573 e. The van der Waals surface area contributed by atoms with Gasteiger partial charge in [-0.25, -0.2) is 8.42 Å². The minimum absolute atomic E-state index is 0.0690. The first kappa shape index (κ1) is 28.5. The fraction of sp³-hybridized carbons (Fsp3) is 0.458. The van der Waals surface area contributed by atoms with Gasteiger partial charge in [0.2, 0.25) is 5.91 Å². The van der Waals surface area contributed by atoms with Crippen molar-refractivity contribution in [3.8, 4) is 11.5 Å². The average Bonchev–Trinajstić information content (AvgIpc) is 2.82. The smallest absolute Gasteiger partial charge is 0.492 e. The largest absolute Gasteiger partial charge is 0.573 e. The molecule has 9 nitrogen and oxygen atoms in total. The lowest BCUT2D eigenvalue weighted by Crippen LogP contribution is -2.29. The van der Waals surface area contributed by atoms with Crippen molar-refractivity contribution < 1.29 is 45.7 Å². The standard InChI is InChI=1S/C24H29F3N2O7S/c1-2-35-21-14-18(28-23(31)17(15-30)12-16-8-10-34-11-9-16)6-7-22(21)37(32,33)29-19-4-3-5-20(13-19)36-24(25,26)27/h3-7,13-14,16-17,29-30H,2,8-12,15H2,1H3,(H,28,31). The average molecular weight is 547 g/mol. The van der Waals surface area contributed by atoms with Gasteiger partial charge in [-0.05, 0) is 56.4 Å². The van der Waals surface area contributed by atoms with Gasteiger partial charge < -0.3 is 24.6 Å². The van der Waals surface area contributed by atoms with Crippen LogP contribution >= 0.6 is 0 Å². The Kier molecular flexibility index (Phi) is 9.62. The first-order valence-electron chi connectivity index (χ1n) is 11.7. The zero-order chi connectivity index (χ0) is 27.1. The summed E-state index contributed by atoms with van der Waals surface area (Å²) in [6.45, 7) is 2.65. The molecule has 13 heteroatoms. The Morgan fingerprint density at radius 1 is 1.16 bits per heavy atom. The van der Waals surface area contributed by atoms with Crippen LogP contribution in [0, 0.1) is 11.8 Å². The molecule has 204 valence electrons. The molecule has 37 heavy (non-hydrogen) atoms. The SMILES string of the molecule is CCOc1cc(NC(=O)C(CO)CC2CCOCC2)ccc1S(=O)(=O)Nc1cccc(OC(F)(F)F)c1. The molecule has 1 unspecified atom stereocenters. The van der Waals surface area contributed by atoms with Crippen LogP contribution in [0.1, 0.15) is 26.2 Å². The van der Waals surface area contributed by atoms with Gasteiger partial charge >= 0.3 is 6.36 Å². The minimum Gasteiger partial charge on any atom is -0.492 e. The van der Waals surface area contributed by atoms with Crippen molar-refractivity contribution >= 4 is 27.3 Å². The van der Waals surface area contributed by atoms with Crippen LogP contribution in [0.3, 0.4) is 0 Å². The predicted molar refractivity (Wildman–Crippen MR) is 129 cm³/mol. The fourth-order valence-corrected chi connectivity index (χ4v) is 5.11. The maximum atomic E-state index is 13.0. The monoisotopic (exact) mass is 546 g/mol. The molecule has 1 aliphatic rings. The number of aliphatic hydroxyl groups is 1. The van der Waals surface area contributed by atoms with E-state index >= 15 is 0 Å². The maximum absolute atomic E-state index is 13.0. The number of carbonyl (C=O) groups excluding carboxylic acids is 1. The summed E-state index contributed by atoms with van der Waals surface area (Å²) in [7, 11) is -4.29. The number of hydrogen-bond acceptors (Lipinski definition) is 7. The van der Waals surface area contributed by atoms with E-state index in [-0.39, 0.29) is 41.2 Å². The van der Waals surface area contributed by atoms with Crippen LogP contribution in [0.15, 0.2) is 47.4 Å². The van der Waals surface area contributed by atoms with E-state index < -0.39 is 34.0 Å². The Morgan fingerprint density at radius 3 is 2.54 bits per heavy atom. The number of sulfonamides is 1. The highest BCUT2D eigenvalue weighted by molar-refractivity contribution is 7.92. The van der Waals surface area contributed by atoms with Crippen LogP contribution < -0.4 is 19.5 Å². The zero-order valence-electron chi connectivity index (χ0n) is 20.1. The number of nitrogens with one attached hydrogen (secondary N) is 2. The van der Waals surface area contributed by atoms with Gasteiger partial charge in [0.25, 0.3) is 10.0 Å². The third-order valence-electron chi connectivity index (χ3n) is 5.67. The normalized spacial score (nSPS) is 15.6. The van der Waals surface area contributed by atoms with E-state index in [1.807, 2.05) is 0 Å². The van der Waals surface area contributed by atoms with E-state index in [9.17, 15) is 31.5 Å². The van der Waals surface area contributed by atoms with Crippen LogP contribution in [0.2, 0.25) is 0 Å². The number of anilines is 2. The van der Waals surface area contributed by atoms with Crippen LogP contribution in [0.25, 0.3) is 0 Å². The Hall–Kier alpha value is -3.03. The summed E-state index contributed by atoms with van der Waals surface area (Å²) in [5, 5.41) is 12.4. The van der Waals surface area contributed by atoms with Crippen LogP contribution in [0.5, 0.6) is 11.5 Å². The van der Waals surface area contributed by atoms with Gasteiger partial charge in [-0.15, -0.1) is 13.2 Å². The number of halogens is 3. The topological polar surface area (TPSA) is 123 Å². The summed E-state index contributed by atoms with van der Waals surface area (Å²) < 4.78 is 80.4. The quantitative estimate of drug-likeness (QED) is 0.387. The summed E-state index contributed by atoms with van der Waals surface area (Å²) >= 11 is 0. The van der Waals surface area contributed by atoms with Crippen molar-refractivity contribution in [1.82, 2.24) is 0 Å². The lowest BCUT2D eigenvalue weighted by Gasteiger charge is -2.25. The molecular formula is C24H29F3N2O7S. The summed E-state index contributed by atoms with van der Waals surface area (Å²) in [4.78, 5) is 12.5. The first-order chi connectivity index (χ1) is 17.5. The van der Waals surface area contributed by atoms with E-state index in [2.05, 4.69) is 14.8 Å². The molecule has 1 atom stereocenters. The van der Waals surface area contributed by atoms with Crippen molar-refractivity contribution in [3.63, 3.8) is 0 Å². The van der Waals surface area contributed by atoms with Gasteiger partial charge in [0, 0.05) is 31.0 Å². The third-order valence-corrected chi connectivity index (χ3v) is 7.09. The van der Waals surface area contributed by atoms with Crippen LogP contribution in [-0.2, 0) is 19.6 Å². The highest BCUT2D eigenvalue weighted by Gasteiger charge is 2.31. The summed E-state index contributed by atoms with van der Waals surface area (Å²) in [6, 6.07) is 8.32. The number of rotatable bonds is 11. The van der Waals surface area contributed by atoms with Crippen molar-refractivity contribution in [3.05, 3.63) is 42.5 Å². The van der Waals surface area contributed by atoms with E-state index in [0.717, 1.165) is 25.0 Å². The van der Waals surface area contributed by atoms with Crippen LogP contribution in [0.4, 0.5) is 24.5 Å². The van der Waals surface area contributed by atoms with Gasteiger partial charge in [-0.2, -0.15) is 0 Å². The van der Waals surface area contributed by atoms with Gasteiger partial charge in [0.05, 0.1) is 24.8 Å². The van der Waals surface area contributed by atoms with E-state index in [1.165, 1.54) is 30.3 Å². The highest BCUT2D eigenvalue weighted by atomic mass is 32.2. The summed E-state index contributed by atoms with van der Waals surface area (Å²) in [5.74, 6) is -1.45. The molecule has 1 amide bonds. The second-order valence-corrected chi connectivity index (χ2v) is 10.1. The molecule has 0 saturated carbocycles. The predicted octanol–water partition coefficient (Wildman–Crippen LogP) is 4.15. The summed E-state index contributed by atoms with van der Waals surface area (Å²) in [5.41, 5.74) is 0.110.